The standard InChI is InChI=1S/C16H14F6N4O4S/c1-30-12-8-11(16(20,21)22)23-13(24-12)25-14(27)26-31(28,29)10-5-3-2-4-9(10)6-7-15(17,18)19/h2-5,8H,6-7H2,1H3,(H2,23,24,25,26,27). The van der Waals surface area contributed by atoms with Crippen molar-refractivity contribution in [3.63, 3.8) is 0 Å². The molecule has 0 saturated heterocycles. The Labute approximate surface area is 171 Å². The first-order chi connectivity index (χ1) is 14.2. The molecular weight excluding hydrogens is 458 g/mol. The number of alkyl halides is 6. The first kappa shape index (κ1) is 24.2. The molecule has 0 fully saturated rings. The second-order valence-electron chi connectivity index (χ2n) is 5.90. The number of urea groups is 1. The van der Waals surface area contributed by atoms with Crippen molar-refractivity contribution >= 4 is 22.0 Å². The molecule has 2 amide bonds. The number of ether oxygens (including phenoxy) is 1. The second-order valence-corrected chi connectivity index (χ2v) is 7.55. The average molecular weight is 472 g/mol. The van der Waals surface area contributed by atoms with Gasteiger partial charge in [-0.25, -0.2) is 22.9 Å². The molecular formula is C16H14F6N4O4S. The van der Waals surface area contributed by atoms with Crippen molar-refractivity contribution < 1.29 is 44.3 Å². The van der Waals surface area contributed by atoms with Crippen molar-refractivity contribution in [2.24, 2.45) is 0 Å². The van der Waals surface area contributed by atoms with Crippen LogP contribution >= 0.6 is 0 Å². The van der Waals surface area contributed by atoms with Gasteiger partial charge in [-0.1, -0.05) is 18.2 Å². The SMILES string of the molecule is COc1cc(C(F)(F)F)nc(NC(=O)NS(=O)(=O)c2ccccc2CCC(F)(F)F)n1. The van der Waals surface area contributed by atoms with Gasteiger partial charge in [0.25, 0.3) is 10.0 Å². The number of amides is 2. The zero-order chi connectivity index (χ0) is 23.4. The summed E-state index contributed by atoms with van der Waals surface area (Å²) in [7, 11) is -3.66. The Morgan fingerprint density at radius 3 is 2.32 bits per heavy atom. The second kappa shape index (κ2) is 8.95. The van der Waals surface area contributed by atoms with Gasteiger partial charge in [-0.3, -0.25) is 5.32 Å². The van der Waals surface area contributed by atoms with Crippen molar-refractivity contribution in [1.29, 1.82) is 0 Å². The predicted molar refractivity (Wildman–Crippen MR) is 93.7 cm³/mol. The van der Waals surface area contributed by atoms with E-state index in [9.17, 15) is 39.6 Å². The van der Waals surface area contributed by atoms with Gasteiger partial charge in [-0.05, 0) is 18.1 Å². The van der Waals surface area contributed by atoms with Crippen LogP contribution in [0.3, 0.4) is 0 Å². The summed E-state index contributed by atoms with van der Waals surface area (Å²) in [5, 5.41) is 1.72. The van der Waals surface area contributed by atoms with Gasteiger partial charge < -0.3 is 4.74 Å². The first-order valence-electron chi connectivity index (χ1n) is 8.20. The number of nitrogens with zero attached hydrogens (tertiary/aromatic N) is 2. The van der Waals surface area contributed by atoms with E-state index >= 15 is 0 Å². The Balaban J connectivity index is 2.23. The fraction of sp³-hybridized carbons (Fsp3) is 0.312. The molecule has 0 aliphatic heterocycles. The van der Waals surface area contributed by atoms with Gasteiger partial charge in [0.05, 0.1) is 12.0 Å². The van der Waals surface area contributed by atoms with Crippen LogP contribution in [-0.2, 0) is 22.6 Å². The molecule has 0 unspecified atom stereocenters. The molecule has 0 bridgehead atoms. The van der Waals surface area contributed by atoms with Crippen LogP contribution in [0.4, 0.5) is 37.1 Å². The highest BCUT2D eigenvalue weighted by Crippen LogP contribution is 2.30. The summed E-state index contributed by atoms with van der Waals surface area (Å²) in [5.74, 6) is -1.47. The number of methoxy groups -OCH3 is 1. The monoisotopic (exact) mass is 472 g/mol. The average Bonchev–Trinajstić information content (AvgIpc) is 2.64. The lowest BCUT2D eigenvalue weighted by Crippen LogP contribution is -2.35. The fourth-order valence-corrected chi connectivity index (χ4v) is 3.46. The molecule has 1 aromatic carbocycles. The van der Waals surface area contributed by atoms with Crippen LogP contribution in [-0.4, -0.2) is 37.7 Å². The number of nitrogens with one attached hydrogen (secondary N) is 2. The Hall–Kier alpha value is -3.10. The lowest BCUT2D eigenvalue weighted by Gasteiger charge is -2.13. The number of rotatable bonds is 6. The largest absolute Gasteiger partial charge is 0.481 e. The normalized spacial score (nSPS) is 12.4. The van der Waals surface area contributed by atoms with E-state index in [4.69, 9.17) is 0 Å². The van der Waals surface area contributed by atoms with E-state index in [1.807, 2.05) is 0 Å². The molecule has 15 heteroatoms. The highest BCUT2D eigenvalue weighted by molar-refractivity contribution is 7.90. The quantitative estimate of drug-likeness (QED) is 0.623. The Bertz CT molecular complexity index is 1060. The zero-order valence-corrected chi connectivity index (χ0v) is 16.3. The van der Waals surface area contributed by atoms with Crippen LogP contribution in [0.2, 0.25) is 0 Å². The van der Waals surface area contributed by atoms with E-state index in [2.05, 4.69) is 14.7 Å². The Morgan fingerprint density at radius 2 is 1.74 bits per heavy atom. The van der Waals surface area contributed by atoms with Crippen molar-refractivity contribution in [3.05, 3.63) is 41.6 Å². The van der Waals surface area contributed by atoms with Gasteiger partial charge in [0, 0.05) is 12.5 Å². The van der Waals surface area contributed by atoms with Gasteiger partial charge >= 0.3 is 18.4 Å². The third-order valence-corrected chi connectivity index (χ3v) is 5.03. The summed E-state index contributed by atoms with van der Waals surface area (Å²) in [4.78, 5) is 17.9. The van der Waals surface area contributed by atoms with E-state index < -0.39 is 63.7 Å². The summed E-state index contributed by atoms with van der Waals surface area (Å²) in [6, 6.07) is 3.57. The molecule has 1 heterocycles. The molecule has 0 saturated carbocycles. The maximum Gasteiger partial charge on any atom is 0.433 e. The topological polar surface area (TPSA) is 110 Å². The lowest BCUT2D eigenvalue weighted by atomic mass is 10.1. The molecule has 0 radical (unpaired) electrons. The predicted octanol–water partition coefficient (Wildman–Crippen LogP) is 3.51. The van der Waals surface area contributed by atoms with Crippen molar-refractivity contribution in [1.82, 2.24) is 14.7 Å². The number of anilines is 1. The van der Waals surface area contributed by atoms with E-state index in [1.165, 1.54) is 16.9 Å². The molecule has 2 N–H and O–H groups in total. The maximum absolute atomic E-state index is 12.9. The lowest BCUT2D eigenvalue weighted by molar-refractivity contribution is -0.141. The van der Waals surface area contributed by atoms with Gasteiger partial charge in [-0.15, -0.1) is 0 Å². The van der Waals surface area contributed by atoms with Crippen LogP contribution in [0.25, 0.3) is 0 Å². The summed E-state index contributed by atoms with van der Waals surface area (Å²) >= 11 is 0. The molecule has 2 aromatic rings. The Kier molecular flexibility index (Phi) is 6.98. The van der Waals surface area contributed by atoms with Crippen LogP contribution in [0.15, 0.2) is 35.2 Å². The van der Waals surface area contributed by atoms with Crippen LogP contribution < -0.4 is 14.8 Å². The number of aromatic nitrogens is 2. The van der Waals surface area contributed by atoms with Gasteiger partial charge in [0.2, 0.25) is 11.8 Å². The minimum absolute atomic E-state index is 0.211. The summed E-state index contributed by atoms with van der Waals surface area (Å²) in [6.45, 7) is 0. The first-order valence-corrected chi connectivity index (χ1v) is 9.68. The third kappa shape index (κ3) is 6.97. The minimum atomic E-state index is -4.91. The van der Waals surface area contributed by atoms with E-state index in [-0.39, 0.29) is 5.56 Å². The Morgan fingerprint density at radius 1 is 1.10 bits per heavy atom. The zero-order valence-electron chi connectivity index (χ0n) is 15.5. The minimum Gasteiger partial charge on any atom is -0.481 e. The van der Waals surface area contributed by atoms with Crippen LogP contribution in [0.5, 0.6) is 5.88 Å². The van der Waals surface area contributed by atoms with Crippen molar-refractivity contribution in [3.8, 4) is 5.88 Å². The molecule has 8 nitrogen and oxygen atoms in total. The molecule has 31 heavy (non-hydrogen) atoms. The highest BCUT2D eigenvalue weighted by atomic mass is 32.2. The number of aryl methyl sites for hydroxylation is 1. The van der Waals surface area contributed by atoms with Crippen LogP contribution in [0, 0.1) is 0 Å². The number of hydrogen-bond donors (Lipinski definition) is 2. The molecule has 0 spiro atoms. The smallest absolute Gasteiger partial charge is 0.433 e. The van der Waals surface area contributed by atoms with E-state index in [0.717, 1.165) is 19.2 Å². The number of halogens is 6. The van der Waals surface area contributed by atoms with Gasteiger partial charge in [-0.2, -0.15) is 31.3 Å². The molecule has 170 valence electrons. The highest BCUT2D eigenvalue weighted by Gasteiger charge is 2.34. The summed E-state index contributed by atoms with van der Waals surface area (Å²) in [6.07, 6.45) is -11.4. The number of sulfonamides is 1. The fourth-order valence-electron chi connectivity index (χ4n) is 2.28. The summed E-state index contributed by atoms with van der Waals surface area (Å²) < 4.78 is 107. The number of carbonyl (C=O) groups excluding carboxylic acids is 1. The number of carbonyl (C=O) groups is 1. The molecule has 0 aliphatic carbocycles. The van der Waals surface area contributed by atoms with E-state index in [0.29, 0.717) is 6.07 Å². The molecule has 0 atom stereocenters. The molecule has 1 aromatic heterocycles. The molecule has 2 rings (SSSR count). The van der Waals surface area contributed by atoms with E-state index in [1.54, 1.807) is 5.32 Å². The number of benzene rings is 1. The maximum atomic E-state index is 12.9. The number of hydrogen-bond acceptors (Lipinski definition) is 6. The van der Waals surface area contributed by atoms with Gasteiger partial charge in [0.15, 0.2) is 5.69 Å². The van der Waals surface area contributed by atoms with Crippen LogP contribution in [0.1, 0.15) is 17.7 Å². The summed E-state index contributed by atoms with van der Waals surface area (Å²) in [5.41, 5.74) is -1.67. The molecule has 0 aliphatic rings. The van der Waals surface area contributed by atoms with Crippen molar-refractivity contribution in [2.45, 2.75) is 30.1 Å². The third-order valence-electron chi connectivity index (χ3n) is 3.59. The van der Waals surface area contributed by atoms with Gasteiger partial charge in [0.1, 0.15) is 0 Å². The van der Waals surface area contributed by atoms with Crippen molar-refractivity contribution in [2.75, 3.05) is 12.4 Å².